The van der Waals surface area contributed by atoms with E-state index in [2.05, 4.69) is 20.8 Å². The lowest BCUT2D eigenvalue weighted by Gasteiger charge is -2.06. The van der Waals surface area contributed by atoms with Gasteiger partial charge < -0.3 is 5.32 Å². The van der Waals surface area contributed by atoms with Gasteiger partial charge in [-0.05, 0) is 42.5 Å². The van der Waals surface area contributed by atoms with Crippen LogP contribution in [0.2, 0.25) is 0 Å². The van der Waals surface area contributed by atoms with Crippen LogP contribution in [0.4, 0.5) is 10.1 Å². The van der Waals surface area contributed by atoms with Gasteiger partial charge >= 0.3 is 0 Å². The molecular weight excluding hydrogens is 263 g/mol. The van der Waals surface area contributed by atoms with Gasteiger partial charge in [-0.1, -0.05) is 6.07 Å². The van der Waals surface area contributed by atoms with Gasteiger partial charge in [-0.2, -0.15) is 5.10 Å². The van der Waals surface area contributed by atoms with Crippen LogP contribution in [0.1, 0.15) is 5.56 Å². The Morgan fingerprint density at radius 2 is 2.05 bits per heavy atom. The zero-order chi connectivity index (χ0) is 13.5. The summed E-state index contributed by atoms with van der Waals surface area (Å²) in [5, 5.41) is 7.17. The zero-order valence-electron chi connectivity index (χ0n) is 9.88. The third-order valence-electron chi connectivity index (χ3n) is 2.17. The minimum Gasteiger partial charge on any atom is -0.331 e. The number of nitrogens with zero attached hydrogens (tertiary/aromatic N) is 2. The molecule has 0 aliphatic heterocycles. The molecule has 0 radical (unpaired) electrons. The predicted molar refractivity (Wildman–Crippen MR) is 77.6 cm³/mol. The zero-order valence-corrected chi connectivity index (χ0v) is 10.7. The molecule has 1 aromatic carbocycles. The molecule has 0 spiro atoms. The summed E-state index contributed by atoms with van der Waals surface area (Å²) in [6.07, 6.45) is 4.97. The lowest BCUT2D eigenvalue weighted by molar-refractivity contribution is 0.628. The van der Waals surface area contributed by atoms with Gasteiger partial charge in [0.25, 0.3) is 0 Å². The molecule has 4 nitrogen and oxygen atoms in total. The maximum absolute atomic E-state index is 12.7. The van der Waals surface area contributed by atoms with Gasteiger partial charge in [0.2, 0.25) is 0 Å². The van der Waals surface area contributed by atoms with Gasteiger partial charge in [0.1, 0.15) is 5.82 Å². The molecule has 1 heterocycles. The molecule has 1 aromatic heterocycles. The molecular formula is C13H11FN4S. The van der Waals surface area contributed by atoms with Crippen LogP contribution in [0.3, 0.4) is 0 Å². The summed E-state index contributed by atoms with van der Waals surface area (Å²) in [6, 6.07) is 9.57. The molecule has 0 aliphatic rings. The van der Waals surface area contributed by atoms with Crippen molar-refractivity contribution in [1.29, 1.82) is 0 Å². The van der Waals surface area contributed by atoms with Gasteiger partial charge in [0.05, 0.1) is 6.21 Å². The fraction of sp³-hybridized carbons (Fsp3) is 0. The molecule has 0 unspecified atom stereocenters. The van der Waals surface area contributed by atoms with E-state index in [9.17, 15) is 4.39 Å². The Kier molecular flexibility index (Phi) is 4.52. The lowest BCUT2D eigenvalue weighted by atomic mass is 10.3. The molecule has 0 amide bonds. The molecule has 2 rings (SSSR count). The van der Waals surface area contributed by atoms with E-state index in [1.165, 1.54) is 12.1 Å². The Bertz CT molecular complexity index is 569. The summed E-state index contributed by atoms with van der Waals surface area (Å²) in [5.74, 6) is -0.293. The molecule has 0 fully saturated rings. The Balaban J connectivity index is 1.85. The Hall–Kier alpha value is -2.34. The van der Waals surface area contributed by atoms with Crippen LogP contribution < -0.4 is 10.7 Å². The number of halogens is 1. The highest BCUT2D eigenvalue weighted by molar-refractivity contribution is 7.80. The standard InChI is InChI=1S/C13H11FN4S/c14-11-3-5-12(6-4-11)17-13(19)18-16-9-10-2-1-7-15-8-10/h1-9H,(H2,17,18,19)/b16-9-. The van der Waals surface area contributed by atoms with Crippen molar-refractivity contribution in [3.63, 3.8) is 0 Å². The van der Waals surface area contributed by atoms with E-state index in [1.54, 1.807) is 30.7 Å². The number of hydrazone groups is 1. The normalized spacial score (nSPS) is 10.4. The second-order valence-corrected chi connectivity index (χ2v) is 4.03. The highest BCUT2D eigenvalue weighted by Gasteiger charge is 1.96. The number of hydrogen-bond donors (Lipinski definition) is 2. The van der Waals surface area contributed by atoms with E-state index >= 15 is 0 Å². The minimum absolute atomic E-state index is 0.293. The van der Waals surface area contributed by atoms with Gasteiger partial charge in [-0.25, -0.2) is 4.39 Å². The van der Waals surface area contributed by atoms with Crippen molar-refractivity contribution in [2.75, 3.05) is 5.32 Å². The topological polar surface area (TPSA) is 49.3 Å². The number of rotatable bonds is 3. The highest BCUT2D eigenvalue weighted by Crippen LogP contribution is 2.07. The van der Waals surface area contributed by atoms with E-state index in [4.69, 9.17) is 12.2 Å². The van der Waals surface area contributed by atoms with E-state index in [1.807, 2.05) is 12.1 Å². The highest BCUT2D eigenvalue weighted by atomic mass is 32.1. The maximum atomic E-state index is 12.7. The van der Waals surface area contributed by atoms with Gasteiger partial charge in [-0.15, -0.1) is 0 Å². The number of hydrogen-bond acceptors (Lipinski definition) is 3. The first-order valence-electron chi connectivity index (χ1n) is 5.50. The number of benzene rings is 1. The Morgan fingerprint density at radius 1 is 1.26 bits per heavy atom. The van der Waals surface area contributed by atoms with Crippen molar-refractivity contribution in [3.05, 3.63) is 60.2 Å². The first-order valence-corrected chi connectivity index (χ1v) is 5.90. The van der Waals surface area contributed by atoms with Gasteiger partial charge in [-0.3, -0.25) is 10.4 Å². The van der Waals surface area contributed by atoms with Gasteiger partial charge in [0, 0.05) is 23.6 Å². The molecule has 2 N–H and O–H groups in total. The van der Waals surface area contributed by atoms with E-state index in [0.29, 0.717) is 10.8 Å². The summed E-state index contributed by atoms with van der Waals surface area (Å²) in [6.45, 7) is 0. The molecule has 0 saturated carbocycles. The van der Waals surface area contributed by atoms with Crippen molar-refractivity contribution >= 4 is 29.2 Å². The molecule has 0 atom stereocenters. The number of nitrogens with one attached hydrogen (secondary N) is 2. The second-order valence-electron chi connectivity index (χ2n) is 3.62. The summed E-state index contributed by atoms with van der Waals surface area (Å²) in [5.41, 5.74) is 4.21. The van der Waals surface area contributed by atoms with E-state index in [0.717, 1.165) is 5.56 Å². The average Bonchev–Trinajstić information content (AvgIpc) is 2.43. The fourth-order valence-electron chi connectivity index (χ4n) is 1.31. The molecule has 0 saturated heterocycles. The largest absolute Gasteiger partial charge is 0.331 e. The first kappa shape index (κ1) is 13.1. The third-order valence-corrected chi connectivity index (χ3v) is 2.36. The number of thiocarbonyl (C=S) groups is 1. The van der Waals surface area contributed by atoms with Crippen LogP contribution in [0.25, 0.3) is 0 Å². The average molecular weight is 274 g/mol. The van der Waals surface area contributed by atoms with E-state index in [-0.39, 0.29) is 5.82 Å². The van der Waals surface area contributed by atoms with Crippen LogP contribution in [-0.2, 0) is 0 Å². The van der Waals surface area contributed by atoms with Crippen LogP contribution in [0.15, 0.2) is 53.9 Å². The van der Waals surface area contributed by atoms with Crippen LogP contribution >= 0.6 is 12.2 Å². The van der Waals surface area contributed by atoms with E-state index < -0.39 is 0 Å². The quantitative estimate of drug-likeness (QED) is 0.513. The molecule has 0 bridgehead atoms. The SMILES string of the molecule is Fc1ccc(NC(=S)N/N=C\c2cccnc2)cc1. The minimum atomic E-state index is -0.293. The monoisotopic (exact) mass is 274 g/mol. The van der Waals surface area contributed by atoms with Crippen molar-refractivity contribution in [2.45, 2.75) is 0 Å². The van der Waals surface area contributed by atoms with Crippen molar-refractivity contribution in [1.82, 2.24) is 10.4 Å². The third kappa shape index (κ3) is 4.44. The maximum Gasteiger partial charge on any atom is 0.191 e. The van der Waals surface area contributed by atoms with Gasteiger partial charge in [0.15, 0.2) is 5.11 Å². The summed E-state index contributed by atoms with van der Waals surface area (Å²) in [7, 11) is 0. The number of aromatic nitrogens is 1. The molecule has 19 heavy (non-hydrogen) atoms. The van der Waals surface area contributed by atoms with Crippen molar-refractivity contribution in [2.24, 2.45) is 5.10 Å². The molecule has 6 heteroatoms. The first-order chi connectivity index (χ1) is 9.24. The Morgan fingerprint density at radius 3 is 2.74 bits per heavy atom. The Labute approximate surface area is 115 Å². The number of pyridine rings is 1. The lowest BCUT2D eigenvalue weighted by Crippen LogP contribution is -2.23. The molecule has 0 aliphatic carbocycles. The summed E-state index contributed by atoms with van der Waals surface area (Å²) >= 11 is 5.04. The molecule has 2 aromatic rings. The van der Waals surface area contributed by atoms with Crippen LogP contribution in [0, 0.1) is 5.82 Å². The molecule has 96 valence electrons. The smallest absolute Gasteiger partial charge is 0.191 e. The second kappa shape index (κ2) is 6.55. The van der Waals surface area contributed by atoms with Crippen molar-refractivity contribution in [3.8, 4) is 0 Å². The van der Waals surface area contributed by atoms with Crippen LogP contribution in [0.5, 0.6) is 0 Å². The van der Waals surface area contributed by atoms with Crippen LogP contribution in [-0.4, -0.2) is 16.3 Å². The summed E-state index contributed by atoms with van der Waals surface area (Å²) in [4.78, 5) is 3.96. The van der Waals surface area contributed by atoms with Crippen molar-refractivity contribution < 1.29 is 4.39 Å². The predicted octanol–water partition coefficient (Wildman–Crippen LogP) is 2.54. The summed E-state index contributed by atoms with van der Waals surface area (Å²) < 4.78 is 12.7. The number of anilines is 1. The fourth-order valence-corrected chi connectivity index (χ4v) is 1.48.